The van der Waals surface area contributed by atoms with Crippen molar-refractivity contribution in [2.75, 3.05) is 0 Å². The molecule has 0 aromatic heterocycles. The number of hydrogen-bond donors (Lipinski definition) is 1. The average Bonchev–Trinajstić information content (AvgIpc) is 2.14. The first kappa shape index (κ1) is 5.30. The summed E-state index contributed by atoms with van der Waals surface area (Å²) in [6.45, 7) is 0. The SMILES string of the molecule is N#CC1CCCC1=N. The summed E-state index contributed by atoms with van der Waals surface area (Å²) in [5, 5.41) is 15.5. The predicted molar refractivity (Wildman–Crippen MR) is 30.7 cm³/mol. The topological polar surface area (TPSA) is 47.6 Å². The van der Waals surface area contributed by atoms with E-state index in [0.717, 1.165) is 19.3 Å². The monoisotopic (exact) mass is 108 g/mol. The van der Waals surface area contributed by atoms with Crippen molar-refractivity contribution in [3.05, 3.63) is 0 Å². The molecule has 0 radical (unpaired) electrons. The van der Waals surface area contributed by atoms with E-state index < -0.39 is 0 Å². The van der Waals surface area contributed by atoms with Gasteiger partial charge in [0.05, 0.1) is 12.0 Å². The van der Waals surface area contributed by atoms with Gasteiger partial charge in [-0.15, -0.1) is 0 Å². The minimum absolute atomic E-state index is 0.0463. The summed E-state index contributed by atoms with van der Waals surface area (Å²) in [4.78, 5) is 0. The first-order chi connectivity index (χ1) is 3.84. The van der Waals surface area contributed by atoms with Crippen LogP contribution in [-0.4, -0.2) is 5.71 Å². The molecule has 1 aliphatic carbocycles. The van der Waals surface area contributed by atoms with Gasteiger partial charge in [0.2, 0.25) is 0 Å². The van der Waals surface area contributed by atoms with E-state index in [9.17, 15) is 0 Å². The molecule has 0 aromatic carbocycles. The van der Waals surface area contributed by atoms with Gasteiger partial charge in [0.25, 0.3) is 0 Å². The van der Waals surface area contributed by atoms with Gasteiger partial charge in [-0.05, 0) is 19.3 Å². The van der Waals surface area contributed by atoms with Gasteiger partial charge in [0.1, 0.15) is 0 Å². The molecule has 1 unspecified atom stereocenters. The summed E-state index contributed by atoms with van der Waals surface area (Å²) in [5.41, 5.74) is 0.632. The third-order valence-electron chi connectivity index (χ3n) is 1.52. The van der Waals surface area contributed by atoms with Crippen LogP contribution in [0, 0.1) is 22.7 Å². The summed E-state index contributed by atoms with van der Waals surface area (Å²) in [6, 6.07) is 2.09. The second-order valence-electron chi connectivity index (χ2n) is 2.10. The summed E-state index contributed by atoms with van der Waals surface area (Å²) in [7, 11) is 0. The molecule has 1 fully saturated rings. The second-order valence-corrected chi connectivity index (χ2v) is 2.10. The Hall–Kier alpha value is -0.840. The van der Waals surface area contributed by atoms with Crippen molar-refractivity contribution >= 4 is 5.71 Å². The van der Waals surface area contributed by atoms with Crippen LogP contribution >= 0.6 is 0 Å². The second kappa shape index (κ2) is 1.95. The van der Waals surface area contributed by atoms with Crippen LogP contribution in [0.15, 0.2) is 0 Å². The van der Waals surface area contributed by atoms with E-state index in [1.54, 1.807) is 0 Å². The molecule has 1 saturated carbocycles. The number of nitriles is 1. The van der Waals surface area contributed by atoms with Crippen LogP contribution in [-0.2, 0) is 0 Å². The van der Waals surface area contributed by atoms with Crippen LogP contribution in [0.1, 0.15) is 19.3 Å². The average molecular weight is 108 g/mol. The zero-order chi connectivity index (χ0) is 5.98. The Balaban J connectivity index is 2.58. The van der Waals surface area contributed by atoms with Crippen LogP contribution in [0.25, 0.3) is 0 Å². The van der Waals surface area contributed by atoms with Gasteiger partial charge in [0, 0.05) is 5.71 Å². The predicted octanol–water partition coefficient (Wildman–Crippen LogP) is 1.33. The van der Waals surface area contributed by atoms with Gasteiger partial charge in [-0.25, -0.2) is 0 Å². The minimum atomic E-state index is -0.0463. The Labute approximate surface area is 48.6 Å². The van der Waals surface area contributed by atoms with E-state index >= 15 is 0 Å². The molecule has 0 aromatic rings. The Kier molecular flexibility index (Phi) is 1.29. The van der Waals surface area contributed by atoms with E-state index in [0.29, 0.717) is 5.71 Å². The maximum absolute atomic E-state index is 8.35. The van der Waals surface area contributed by atoms with Gasteiger partial charge in [-0.1, -0.05) is 0 Å². The molecule has 0 aliphatic heterocycles. The molecule has 2 heteroatoms. The summed E-state index contributed by atoms with van der Waals surface area (Å²) in [6.07, 6.45) is 2.80. The highest BCUT2D eigenvalue weighted by molar-refractivity contribution is 5.87. The van der Waals surface area contributed by atoms with Gasteiger partial charge < -0.3 is 5.41 Å². The molecule has 0 spiro atoms. The van der Waals surface area contributed by atoms with Crippen LogP contribution in [0.4, 0.5) is 0 Å². The minimum Gasteiger partial charge on any atom is -0.308 e. The standard InChI is InChI=1S/C6H8N2/c7-4-5-2-1-3-6(5)8/h5,8H,1-3H2. The molecule has 0 saturated heterocycles. The highest BCUT2D eigenvalue weighted by Gasteiger charge is 2.19. The Morgan fingerprint density at radius 1 is 1.75 bits per heavy atom. The maximum atomic E-state index is 8.35. The van der Waals surface area contributed by atoms with E-state index in [-0.39, 0.29) is 5.92 Å². The van der Waals surface area contributed by atoms with Crippen LogP contribution in [0.3, 0.4) is 0 Å². The Bertz CT molecular complexity index is 143. The molecule has 1 N–H and O–H groups in total. The smallest absolute Gasteiger partial charge is 0.0838 e. The Morgan fingerprint density at radius 2 is 2.50 bits per heavy atom. The van der Waals surface area contributed by atoms with Crippen molar-refractivity contribution in [2.45, 2.75) is 19.3 Å². The molecule has 0 heterocycles. The summed E-state index contributed by atoms with van der Waals surface area (Å²) >= 11 is 0. The van der Waals surface area contributed by atoms with Crippen molar-refractivity contribution in [3.63, 3.8) is 0 Å². The quantitative estimate of drug-likeness (QED) is 0.500. The third-order valence-corrected chi connectivity index (χ3v) is 1.52. The van der Waals surface area contributed by atoms with Crippen LogP contribution in [0.5, 0.6) is 0 Å². The molecule has 1 atom stereocenters. The number of nitrogens with one attached hydrogen (secondary N) is 1. The van der Waals surface area contributed by atoms with Crippen LogP contribution in [0.2, 0.25) is 0 Å². The van der Waals surface area contributed by atoms with E-state index in [1.165, 1.54) is 0 Å². The molecule has 1 rings (SSSR count). The van der Waals surface area contributed by atoms with Crippen molar-refractivity contribution < 1.29 is 0 Å². The van der Waals surface area contributed by atoms with Crippen LogP contribution < -0.4 is 0 Å². The molecule has 42 valence electrons. The first-order valence-electron chi connectivity index (χ1n) is 2.81. The molecular formula is C6H8N2. The number of nitrogens with zero attached hydrogens (tertiary/aromatic N) is 1. The van der Waals surface area contributed by atoms with Crippen molar-refractivity contribution in [2.24, 2.45) is 5.92 Å². The largest absolute Gasteiger partial charge is 0.308 e. The maximum Gasteiger partial charge on any atom is 0.0838 e. The Morgan fingerprint density at radius 3 is 2.75 bits per heavy atom. The lowest BCUT2D eigenvalue weighted by Crippen LogP contribution is -2.00. The van der Waals surface area contributed by atoms with Crippen molar-refractivity contribution in [1.82, 2.24) is 0 Å². The van der Waals surface area contributed by atoms with E-state index in [2.05, 4.69) is 6.07 Å². The molecule has 0 bridgehead atoms. The van der Waals surface area contributed by atoms with E-state index in [1.807, 2.05) is 0 Å². The lowest BCUT2D eigenvalue weighted by atomic mass is 10.1. The number of rotatable bonds is 0. The normalized spacial score (nSPS) is 27.9. The fourth-order valence-corrected chi connectivity index (χ4v) is 0.988. The first-order valence-corrected chi connectivity index (χ1v) is 2.81. The fraction of sp³-hybridized carbons (Fsp3) is 0.667. The lowest BCUT2D eigenvalue weighted by Gasteiger charge is -1.91. The van der Waals surface area contributed by atoms with Crippen molar-refractivity contribution in [3.8, 4) is 6.07 Å². The van der Waals surface area contributed by atoms with Crippen molar-refractivity contribution in [1.29, 1.82) is 10.7 Å². The molecule has 0 amide bonds. The lowest BCUT2D eigenvalue weighted by molar-refractivity contribution is 0.795. The highest BCUT2D eigenvalue weighted by Crippen LogP contribution is 2.19. The molecular weight excluding hydrogens is 100 g/mol. The van der Waals surface area contributed by atoms with Gasteiger partial charge >= 0.3 is 0 Å². The molecule has 2 nitrogen and oxygen atoms in total. The summed E-state index contributed by atoms with van der Waals surface area (Å²) < 4.78 is 0. The number of hydrogen-bond acceptors (Lipinski definition) is 2. The molecule has 8 heavy (non-hydrogen) atoms. The zero-order valence-electron chi connectivity index (χ0n) is 4.65. The summed E-state index contributed by atoms with van der Waals surface area (Å²) in [5.74, 6) is -0.0463. The molecule has 1 aliphatic rings. The fourth-order valence-electron chi connectivity index (χ4n) is 0.988. The van der Waals surface area contributed by atoms with Gasteiger partial charge in [-0.2, -0.15) is 5.26 Å². The van der Waals surface area contributed by atoms with Gasteiger partial charge in [0.15, 0.2) is 0 Å². The van der Waals surface area contributed by atoms with E-state index in [4.69, 9.17) is 10.7 Å². The van der Waals surface area contributed by atoms with Gasteiger partial charge in [-0.3, -0.25) is 0 Å². The zero-order valence-corrected chi connectivity index (χ0v) is 4.65. The third kappa shape index (κ3) is 0.717. The highest BCUT2D eigenvalue weighted by atomic mass is 14.5.